The summed E-state index contributed by atoms with van der Waals surface area (Å²) < 4.78 is 0. The Hall–Kier alpha value is -1.08. The van der Waals surface area contributed by atoms with Crippen molar-refractivity contribution in [1.29, 1.82) is 0 Å². The van der Waals surface area contributed by atoms with Crippen LogP contribution in [0.2, 0.25) is 0 Å². The predicted molar refractivity (Wildman–Crippen MR) is 59.3 cm³/mol. The average molecular weight is 188 g/mol. The fraction of sp³-hybridized carbons (Fsp3) is 0.385. The van der Waals surface area contributed by atoms with Gasteiger partial charge in [-0.05, 0) is 37.0 Å². The van der Waals surface area contributed by atoms with Crippen LogP contribution in [0.5, 0.6) is 0 Å². The number of hydrogen-bond donors (Lipinski definition) is 1. The van der Waals surface area contributed by atoms with Crippen LogP contribution in [0.1, 0.15) is 36.0 Å². The van der Waals surface area contributed by atoms with Gasteiger partial charge in [-0.3, -0.25) is 0 Å². The molecule has 0 saturated heterocycles. The Kier molecular flexibility index (Phi) is 2.20. The van der Waals surface area contributed by atoms with E-state index in [4.69, 9.17) is 0 Å². The van der Waals surface area contributed by atoms with Crippen molar-refractivity contribution in [3.05, 3.63) is 41.5 Å². The third-order valence-corrected chi connectivity index (χ3v) is 2.91. The van der Waals surface area contributed by atoms with Crippen molar-refractivity contribution < 1.29 is 5.11 Å². The number of rotatable bonds is 2. The highest BCUT2D eigenvalue weighted by Gasteiger charge is 2.36. The van der Waals surface area contributed by atoms with Gasteiger partial charge in [0.25, 0.3) is 0 Å². The molecule has 74 valence electrons. The third kappa shape index (κ3) is 1.60. The minimum Gasteiger partial charge on any atom is -0.392 e. The van der Waals surface area contributed by atoms with Gasteiger partial charge in [0.1, 0.15) is 0 Å². The second-order valence-corrected chi connectivity index (χ2v) is 4.26. The molecular formula is C13H16O. The predicted octanol–water partition coefficient (Wildman–Crippen LogP) is 2.88. The molecule has 1 aliphatic rings. The minimum atomic E-state index is -0.115. The van der Waals surface area contributed by atoms with Crippen molar-refractivity contribution in [3.63, 3.8) is 0 Å². The van der Waals surface area contributed by atoms with Gasteiger partial charge in [-0.2, -0.15) is 0 Å². The van der Waals surface area contributed by atoms with Crippen LogP contribution in [0.4, 0.5) is 0 Å². The summed E-state index contributed by atoms with van der Waals surface area (Å²) in [5, 5.41) is 9.36. The smallest absolute Gasteiger partial charge is 0.0616 e. The summed E-state index contributed by atoms with van der Waals surface area (Å²) in [6.45, 7) is 8.08. The van der Waals surface area contributed by atoms with Gasteiger partial charge in [-0.1, -0.05) is 30.4 Å². The molecule has 2 atom stereocenters. The quantitative estimate of drug-likeness (QED) is 0.756. The van der Waals surface area contributed by atoms with E-state index in [9.17, 15) is 5.11 Å². The third-order valence-electron chi connectivity index (χ3n) is 2.91. The van der Waals surface area contributed by atoms with E-state index in [1.165, 1.54) is 16.7 Å². The highest BCUT2D eigenvalue weighted by atomic mass is 16.3. The van der Waals surface area contributed by atoms with E-state index in [0.29, 0.717) is 5.92 Å². The van der Waals surface area contributed by atoms with Crippen LogP contribution < -0.4 is 0 Å². The molecule has 0 heterocycles. The van der Waals surface area contributed by atoms with E-state index in [1.807, 2.05) is 6.92 Å². The summed E-state index contributed by atoms with van der Waals surface area (Å²) in [6, 6.07) is 6.39. The molecule has 1 aliphatic carbocycles. The maximum atomic E-state index is 9.36. The Balaban J connectivity index is 2.36. The van der Waals surface area contributed by atoms with E-state index in [2.05, 4.69) is 31.7 Å². The molecule has 0 amide bonds. The Bertz CT molecular complexity index is 379. The highest BCUT2D eigenvalue weighted by Crippen LogP contribution is 2.41. The van der Waals surface area contributed by atoms with E-state index in [0.717, 1.165) is 12.0 Å². The fourth-order valence-electron chi connectivity index (χ4n) is 1.87. The van der Waals surface area contributed by atoms with E-state index in [-0.39, 0.29) is 6.10 Å². The summed E-state index contributed by atoms with van der Waals surface area (Å²) in [5.41, 5.74) is 4.83. The first kappa shape index (κ1) is 9.47. The number of aryl methyl sites for hydroxylation is 1. The summed E-state index contributed by atoms with van der Waals surface area (Å²) in [6.07, 6.45) is 0.800. The van der Waals surface area contributed by atoms with Gasteiger partial charge in [0.15, 0.2) is 0 Å². The zero-order chi connectivity index (χ0) is 10.3. The average Bonchev–Trinajstić information content (AvgIpc) is 2.83. The van der Waals surface area contributed by atoms with Crippen LogP contribution >= 0.6 is 0 Å². The molecular weight excluding hydrogens is 172 g/mol. The van der Waals surface area contributed by atoms with Gasteiger partial charge < -0.3 is 5.11 Å². The van der Waals surface area contributed by atoms with E-state index >= 15 is 0 Å². The molecule has 1 aromatic carbocycles. The first-order valence-electron chi connectivity index (χ1n) is 5.04. The molecule has 0 radical (unpaired) electrons. The van der Waals surface area contributed by atoms with Crippen LogP contribution in [0.3, 0.4) is 0 Å². The zero-order valence-electron chi connectivity index (χ0n) is 8.75. The van der Waals surface area contributed by atoms with Crippen molar-refractivity contribution in [2.24, 2.45) is 0 Å². The number of hydrogen-bond acceptors (Lipinski definition) is 1. The Morgan fingerprint density at radius 3 is 2.64 bits per heavy atom. The van der Waals surface area contributed by atoms with Crippen LogP contribution in [0, 0.1) is 6.92 Å². The van der Waals surface area contributed by atoms with Gasteiger partial charge in [0.2, 0.25) is 0 Å². The monoisotopic (exact) mass is 188 g/mol. The summed E-state index contributed by atoms with van der Waals surface area (Å²) >= 11 is 0. The maximum Gasteiger partial charge on any atom is 0.0616 e. The Morgan fingerprint density at radius 2 is 2.14 bits per heavy atom. The normalized spacial score (nSPS) is 24.8. The lowest BCUT2D eigenvalue weighted by atomic mass is 9.98. The van der Waals surface area contributed by atoms with Crippen LogP contribution in [-0.2, 0) is 0 Å². The highest BCUT2D eigenvalue weighted by molar-refractivity contribution is 5.65. The molecule has 1 heteroatoms. The first-order valence-corrected chi connectivity index (χ1v) is 5.04. The SMILES string of the molecule is C=C(C)c1cc([C@@H]2C[C@@H]2O)ccc1C. The minimum absolute atomic E-state index is 0.115. The number of allylic oxidation sites excluding steroid dienone is 1. The van der Waals surface area contributed by atoms with Crippen molar-refractivity contribution in [1.82, 2.24) is 0 Å². The summed E-state index contributed by atoms with van der Waals surface area (Å²) in [5.74, 6) is 0.369. The molecule has 0 aromatic heterocycles. The van der Waals surface area contributed by atoms with Crippen molar-refractivity contribution in [2.75, 3.05) is 0 Å². The molecule has 14 heavy (non-hydrogen) atoms. The molecule has 1 N–H and O–H groups in total. The standard InChI is InChI=1S/C13H16O/c1-8(2)11-6-10(5-4-9(11)3)12-7-13(12)14/h4-6,12-14H,1,7H2,2-3H3/t12-,13-/m0/s1. The second kappa shape index (κ2) is 3.25. The maximum absolute atomic E-state index is 9.36. The molecule has 0 spiro atoms. The summed E-state index contributed by atoms with van der Waals surface area (Å²) in [4.78, 5) is 0. The second-order valence-electron chi connectivity index (χ2n) is 4.26. The zero-order valence-corrected chi connectivity index (χ0v) is 8.75. The van der Waals surface area contributed by atoms with Crippen molar-refractivity contribution in [3.8, 4) is 0 Å². The molecule has 0 bridgehead atoms. The van der Waals surface area contributed by atoms with Gasteiger partial charge in [0.05, 0.1) is 6.10 Å². The van der Waals surface area contributed by atoms with E-state index < -0.39 is 0 Å². The van der Waals surface area contributed by atoms with E-state index in [1.54, 1.807) is 0 Å². The lowest BCUT2D eigenvalue weighted by molar-refractivity contribution is 0.272. The number of benzene rings is 1. The first-order chi connectivity index (χ1) is 6.59. The van der Waals surface area contributed by atoms with Crippen LogP contribution in [-0.4, -0.2) is 11.2 Å². The largest absolute Gasteiger partial charge is 0.392 e. The van der Waals surface area contributed by atoms with Gasteiger partial charge >= 0.3 is 0 Å². The lowest BCUT2D eigenvalue weighted by Crippen LogP contribution is -1.91. The van der Waals surface area contributed by atoms with Gasteiger partial charge in [-0.25, -0.2) is 0 Å². The molecule has 0 aliphatic heterocycles. The Labute approximate surface area is 85.1 Å². The van der Waals surface area contributed by atoms with Crippen molar-refractivity contribution >= 4 is 5.57 Å². The van der Waals surface area contributed by atoms with Crippen LogP contribution in [0.25, 0.3) is 5.57 Å². The molecule has 1 aromatic rings. The molecule has 1 fully saturated rings. The molecule has 2 rings (SSSR count). The van der Waals surface area contributed by atoms with Crippen LogP contribution in [0.15, 0.2) is 24.8 Å². The molecule has 1 nitrogen and oxygen atoms in total. The topological polar surface area (TPSA) is 20.2 Å². The summed E-state index contributed by atoms with van der Waals surface area (Å²) in [7, 11) is 0. The number of aliphatic hydroxyl groups excluding tert-OH is 1. The molecule has 0 unspecified atom stereocenters. The lowest BCUT2D eigenvalue weighted by Gasteiger charge is -2.07. The van der Waals surface area contributed by atoms with Crippen molar-refractivity contribution in [2.45, 2.75) is 32.3 Å². The van der Waals surface area contributed by atoms with Gasteiger partial charge in [-0.15, -0.1) is 0 Å². The fourth-order valence-corrected chi connectivity index (χ4v) is 1.87. The number of aliphatic hydroxyl groups is 1. The molecule has 1 saturated carbocycles. The van der Waals surface area contributed by atoms with Gasteiger partial charge in [0, 0.05) is 5.92 Å². The Morgan fingerprint density at radius 1 is 1.50 bits per heavy atom.